The van der Waals surface area contributed by atoms with E-state index in [-0.39, 0.29) is 33.7 Å². The van der Waals surface area contributed by atoms with Gasteiger partial charge in [0, 0.05) is 6.07 Å². The van der Waals surface area contributed by atoms with Crippen LogP contribution in [-0.4, -0.2) is 26.6 Å². The lowest BCUT2D eigenvalue weighted by atomic mass is 10.2. The molecule has 0 atom stereocenters. The summed E-state index contributed by atoms with van der Waals surface area (Å²) in [6.07, 6.45) is -3.43. The molecule has 30 heavy (non-hydrogen) atoms. The van der Waals surface area contributed by atoms with Gasteiger partial charge in [-0.2, -0.15) is 13.2 Å². The third-order valence-corrected chi connectivity index (χ3v) is 4.57. The van der Waals surface area contributed by atoms with E-state index >= 15 is 0 Å². The van der Waals surface area contributed by atoms with Crippen LogP contribution in [0.3, 0.4) is 0 Å². The summed E-state index contributed by atoms with van der Waals surface area (Å²) in [5.41, 5.74) is -0.932. The van der Waals surface area contributed by atoms with Crippen LogP contribution < -0.4 is 5.32 Å². The SMILES string of the molecule is Cc1ccc(NC(=O)CSc2nc(-c3ccco3)cc(C(F)(F)F)n2)c([N+](=O)[O-])c1. The van der Waals surface area contributed by atoms with Crippen LogP contribution in [0, 0.1) is 17.0 Å². The third-order valence-electron chi connectivity index (χ3n) is 3.73. The van der Waals surface area contributed by atoms with Crippen LogP contribution in [0.1, 0.15) is 11.3 Å². The number of hydrogen-bond donors (Lipinski definition) is 1. The Morgan fingerprint density at radius 1 is 1.27 bits per heavy atom. The fraction of sp³-hybridized carbons (Fsp3) is 0.167. The van der Waals surface area contributed by atoms with E-state index in [1.807, 2.05) is 0 Å². The summed E-state index contributed by atoms with van der Waals surface area (Å²) < 4.78 is 44.5. The molecule has 1 aromatic carbocycles. The molecule has 12 heteroatoms. The fourth-order valence-corrected chi connectivity index (χ4v) is 3.06. The maximum Gasteiger partial charge on any atom is 0.433 e. The Balaban J connectivity index is 1.78. The quantitative estimate of drug-likeness (QED) is 0.257. The highest BCUT2D eigenvalue weighted by Gasteiger charge is 2.34. The highest BCUT2D eigenvalue weighted by molar-refractivity contribution is 7.99. The first kappa shape index (κ1) is 21.3. The molecule has 0 unspecified atom stereocenters. The van der Waals surface area contributed by atoms with Crippen molar-refractivity contribution >= 4 is 29.0 Å². The minimum absolute atomic E-state index is 0.0163. The lowest BCUT2D eigenvalue weighted by Crippen LogP contribution is -2.16. The lowest BCUT2D eigenvalue weighted by Gasteiger charge is -2.10. The first-order chi connectivity index (χ1) is 14.1. The van der Waals surface area contributed by atoms with Crippen LogP contribution in [0.4, 0.5) is 24.5 Å². The zero-order valence-corrected chi connectivity index (χ0v) is 16.1. The van der Waals surface area contributed by atoms with Crippen molar-refractivity contribution in [3.05, 3.63) is 64.0 Å². The van der Waals surface area contributed by atoms with Crippen LogP contribution in [0.2, 0.25) is 0 Å². The monoisotopic (exact) mass is 438 g/mol. The molecule has 8 nitrogen and oxygen atoms in total. The van der Waals surface area contributed by atoms with Crippen LogP contribution in [-0.2, 0) is 11.0 Å². The van der Waals surface area contributed by atoms with E-state index in [0.29, 0.717) is 17.3 Å². The Bertz CT molecular complexity index is 1090. The van der Waals surface area contributed by atoms with Crippen LogP contribution in [0.5, 0.6) is 0 Å². The molecular formula is C18H13F3N4O4S. The standard InChI is InChI=1S/C18H13F3N4O4S/c1-10-4-5-11(13(7-10)25(27)28)22-16(26)9-30-17-23-12(14-3-2-6-29-14)8-15(24-17)18(19,20)21/h2-8H,9H2,1H3,(H,22,26). The average Bonchev–Trinajstić information content (AvgIpc) is 3.21. The molecule has 1 N–H and O–H groups in total. The van der Waals surface area contributed by atoms with Crippen molar-refractivity contribution in [2.75, 3.05) is 11.1 Å². The maximum absolute atomic E-state index is 13.2. The molecule has 0 saturated heterocycles. The van der Waals surface area contributed by atoms with E-state index in [9.17, 15) is 28.1 Å². The lowest BCUT2D eigenvalue weighted by molar-refractivity contribution is -0.384. The first-order valence-corrected chi connectivity index (χ1v) is 9.30. The van der Waals surface area contributed by atoms with Gasteiger partial charge in [0.2, 0.25) is 5.91 Å². The Morgan fingerprint density at radius 3 is 2.67 bits per heavy atom. The minimum Gasteiger partial charge on any atom is -0.463 e. The second kappa shape index (κ2) is 8.53. The van der Waals surface area contributed by atoms with Gasteiger partial charge in [-0.15, -0.1) is 0 Å². The number of nitro groups is 1. The van der Waals surface area contributed by atoms with Gasteiger partial charge in [-0.1, -0.05) is 17.8 Å². The van der Waals surface area contributed by atoms with Gasteiger partial charge in [0.15, 0.2) is 10.9 Å². The number of rotatable bonds is 6. The number of alkyl halides is 3. The third kappa shape index (κ3) is 5.14. The average molecular weight is 438 g/mol. The summed E-state index contributed by atoms with van der Waals surface area (Å²) in [5, 5.41) is 13.2. The van der Waals surface area contributed by atoms with Gasteiger partial charge in [0.05, 0.1) is 16.9 Å². The summed E-state index contributed by atoms with van der Waals surface area (Å²) in [4.78, 5) is 30.1. The number of aromatic nitrogens is 2. The van der Waals surface area contributed by atoms with E-state index in [1.165, 1.54) is 30.5 Å². The predicted molar refractivity (Wildman–Crippen MR) is 102 cm³/mol. The number of nitrogens with one attached hydrogen (secondary N) is 1. The Hall–Kier alpha value is -3.41. The molecule has 0 bridgehead atoms. The molecule has 1 amide bonds. The van der Waals surface area contributed by atoms with Gasteiger partial charge < -0.3 is 9.73 Å². The van der Waals surface area contributed by atoms with Crippen LogP contribution in [0.25, 0.3) is 11.5 Å². The summed E-state index contributed by atoms with van der Waals surface area (Å²) in [7, 11) is 0. The zero-order chi connectivity index (χ0) is 21.9. The smallest absolute Gasteiger partial charge is 0.433 e. The first-order valence-electron chi connectivity index (χ1n) is 8.31. The molecule has 0 radical (unpaired) electrons. The number of carbonyl (C=O) groups excluding carboxylic acids is 1. The van der Waals surface area contributed by atoms with E-state index in [2.05, 4.69) is 15.3 Å². The Kier molecular flexibility index (Phi) is 6.06. The number of hydrogen-bond acceptors (Lipinski definition) is 7. The van der Waals surface area contributed by atoms with Gasteiger partial charge in [0.25, 0.3) is 5.69 Å². The van der Waals surface area contributed by atoms with Crippen molar-refractivity contribution in [3.8, 4) is 11.5 Å². The summed E-state index contributed by atoms with van der Waals surface area (Å²) in [6.45, 7) is 1.66. The molecule has 0 aliphatic heterocycles. The molecule has 0 saturated carbocycles. The second-order valence-electron chi connectivity index (χ2n) is 6.01. The number of halogens is 3. The maximum atomic E-state index is 13.2. The van der Waals surface area contributed by atoms with Gasteiger partial charge in [-0.25, -0.2) is 9.97 Å². The van der Waals surface area contributed by atoms with E-state index in [0.717, 1.165) is 6.07 Å². The van der Waals surface area contributed by atoms with Crippen molar-refractivity contribution < 1.29 is 27.3 Å². The molecule has 0 fully saturated rings. The number of nitro benzene ring substituents is 1. The van der Waals surface area contributed by atoms with Crippen LogP contribution >= 0.6 is 11.8 Å². The van der Waals surface area contributed by atoms with Gasteiger partial charge in [-0.05, 0) is 36.8 Å². The number of nitrogens with zero attached hydrogens (tertiary/aromatic N) is 3. The normalized spacial score (nSPS) is 11.3. The van der Waals surface area contributed by atoms with E-state index in [1.54, 1.807) is 13.0 Å². The van der Waals surface area contributed by atoms with Gasteiger partial charge in [0.1, 0.15) is 17.1 Å². The molecular weight excluding hydrogens is 425 g/mol. The summed E-state index contributed by atoms with van der Waals surface area (Å²) in [6, 6.07) is 7.96. The van der Waals surface area contributed by atoms with Crippen molar-refractivity contribution in [1.29, 1.82) is 0 Å². The highest BCUT2D eigenvalue weighted by atomic mass is 32.2. The van der Waals surface area contributed by atoms with Crippen molar-refractivity contribution in [2.24, 2.45) is 0 Å². The Labute approximate surface area is 171 Å². The number of aryl methyl sites for hydroxylation is 1. The van der Waals surface area contributed by atoms with Crippen molar-refractivity contribution in [3.63, 3.8) is 0 Å². The number of benzene rings is 1. The minimum atomic E-state index is -4.72. The molecule has 0 aliphatic carbocycles. The van der Waals surface area contributed by atoms with Crippen LogP contribution in [0.15, 0.2) is 52.2 Å². The van der Waals surface area contributed by atoms with Crippen molar-refractivity contribution in [2.45, 2.75) is 18.3 Å². The second-order valence-corrected chi connectivity index (χ2v) is 6.95. The summed E-state index contributed by atoms with van der Waals surface area (Å²) in [5.74, 6) is -0.902. The Morgan fingerprint density at radius 2 is 2.03 bits per heavy atom. The summed E-state index contributed by atoms with van der Waals surface area (Å²) >= 11 is 0.661. The molecule has 2 aromatic heterocycles. The molecule has 0 spiro atoms. The van der Waals surface area contributed by atoms with E-state index in [4.69, 9.17) is 4.42 Å². The molecule has 3 aromatic rings. The fourth-order valence-electron chi connectivity index (χ4n) is 2.40. The molecule has 2 heterocycles. The van der Waals surface area contributed by atoms with Gasteiger partial charge in [-0.3, -0.25) is 14.9 Å². The largest absolute Gasteiger partial charge is 0.463 e. The number of carbonyl (C=O) groups is 1. The highest BCUT2D eigenvalue weighted by Crippen LogP contribution is 2.32. The topological polar surface area (TPSA) is 111 Å². The zero-order valence-electron chi connectivity index (χ0n) is 15.3. The van der Waals surface area contributed by atoms with E-state index < -0.39 is 22.7 Å². The number of furan rings is 1. The predicted octanol–water partition coefficient (Wildman–Crippen LogP) is 4.70. The molecule has 3 rings (SSSR count). The number of anilines is 1. The number of amides is 1. The van der Waals surface area contributed by atoms with Gasteiger partial charge >= 0.3 is 6.18 Å². The molecule has 0 aliphatic rings. The molecule has 156 valence electrons. The van der Waals surface area contributed by atoms with Crippen molar-refractivity contribution in [1.82, 2.24) is 9.97 Å². The number of thioether (sulfide) groups is 1.